The number of anilines is 1. The van der Waals surface area contributed by atoms with Gasteiger partial charge in [-0.15, -0.1) is 0 Å². The number of hydrogen-bond donors (Lipinski definition) is 2. The van der Waals surface area contributed by atoms with Gasteiger partial charge < -0.3 is 15.3 Å². The van der Waals surface area contributed by atoms with Crippen LogP contribution in [0, 0.1) is 5.92 Å². The second-order valence-corrected chi connectivity index (χ2v) is 6.35. The fraction of sp³-hybridized carbons (Fsp3) is 0.429. The number of urea groups is 1. The van der Waals surface area contributed by atoms with E-state index in [1.54, 1.807) is 23.1 Å². The molecule has 0 bridgehead atoms. The molecule has 0 aliphatic carbocycles. The predicted molar refractivity (Wildman–Crippen MR) is 84.7 cm³/mol. The summed E-state index contributed by atoms with van der Waals surface area (Å²) < 4.78 is 0.775. The number of carbonyl (C=O) groups excluding carboxylic acids is 1. The quantitative estimate of drug-likeness (QED) is 0.840. The zero-order chi connectivity index (χ0) is 15.4. The number of likely N-dealkylation sites (tertiary alicyclic amines) is 1. The lowest BCUT2D eigenvalue weighted by Crippen LogP contribution is -2.33. The van der Waals surface area contributed by atoms with E-state index in [1.165, 1.54) is 0 Å². The maximum absolute atomic E-state index is 12.1. The van der Waals surface area contributed by atoms with Gasteiger partial charge in [0.2, 0.25) is 0 Å². The Hall–Kier alpha value is -1.27. The summed E-state index contributed by atoms with van der Waals surface area (Å²) in [5.74, 6) is -0.525. The lowest BCUT2D eigenvalue weighted by molar-refractivity contribution is -0.137. The number of halogens is 2. The van der Waals surface area contributed by atoms with E-state index in [-0.39, 0.29) is 18.4 Å². The number of carbonyl (C=O) groups is 2. The minimum atomic E-state index is -0.789. The van der Waals surface area contributed by atoms with Crippen LogP contribution in [-0.4, -0.2) is 35.1 Å². The molecule has 1 fully saturated rings. The Morgan fingerprint density at radius 1 is 1.48 bits per heavy atom. The summed E-state index contributed by atoms with van der Waals surface area (Å²) in [6.07, 6.45) is 1.62. The molecular weight excluding hydrogens is 360 g/mol. The Morgan fingerprint density at radius 3 is 2.90 bits per heavy atom. The van der Waals surface area contributed by atoms with Gasteiger partial charge in [-0.3, -0.25) is 4.79 Å². The van der Waals surface area contributed by atoms with E-state index in [1.807, 2.05) is 0 Å². The highest BCUT2D eigenvalue weighted by Gasteiger charge is 2.26. The van der Waals surface area contributed by atoms with Crippen molar-refractivity contribution in [2.45, 2.75) is 19.3 Å². The molecule has 0 spiro atoms. The second kappa shape index (κ2) is 7.13. The largest absolute Gasteiger partial charge is 0.481 e. The zero-order valence-electron chi connectivity index (χ0n) is 11.3. The second-order valence-electron chi connectivity index (χ2n) is 5.09. The van der Waals surface area contributed by atoms with Gasteiger partial charge in [-0.25, -0.2) is 4.79 Å². The Kier molecular flexibility index (Phi) is 5.47. The monoisotopic (exact) mass is 374 g/mol. The van der Waals surface area contributed by atoms with Crippen LogP contribution in [0.5, 0.6) is 0 Å². The predicted octanol–water partition coefficient (Wildman–Crippen LogP) is 3.82. The molecule has 7 heteroatoms. The molecule has 2 rings (SSSR count). The van der Waals surface area contributed by atoms with Gasteiger partial charge in [0.05, 0.1) is 5.02 Å². The number of nitrogens with zero attached hydrogens (tertiary/aromatic N) is 1. The summed E-state index contributed by atoms with van der Waals surface area (Å²) in [5.41, 5.74) is 0.641. The molecule has 2 N–H and O–H groups in total. The topological polar surface area (TPSA) is 69.6 Å². The van der Waals surface area contributed by atoms with E-state index in [0.717, 1.165) is 10.9 Å². The van der Waals surface area contributed by atoms with E-state index >= 15 is 0 Å². The first-order valence-electron chi connectivity index (χ1n) is 6.68. The molecule has 1 aliphatic heterocycles. The Bertz CT molecular complexity index is 553. The summed E-state index contributed by atoms with van der Waals surface area (Å²) >= 11 is 9.28. The zero-order valence-corrected chi connectivity index (χ0v) is 13.7. The van der Waals surface area contributed by atoms with Crippen molar-refractivity contribution in [3.8, 4) is 0 Å². The third-order valence-electron chi connectivity index (χ3n) is 3.51. The van der Waals surface area contributed by atoms with Crippen molar-refractivity contribution in [3.63, 3.8) is 0 Å². The number of carboxylic acids is 1. The summed E-state index contributed by atoms with van der Waals surface area (Å²) in [4.78, 5) is 24.4. The molecule has 1 saturated heterocycles. The van der Waals surface area contributed by atoms with Crippen molar-refractivity contribution < 1.29 is 14.7 Å². The van der Waals surface area contributed by atoms with Crippen molar-refractivity contribution in [3.05, 3.63) is 27.7 Å². The molecule has 1 heterocycles. The number of carboxylic acid groups (broad SMARTS) is 1. The van der Waals surface area contributed by atoms with Crippen molar-refractivity contribution in [1.82, 2.24) is 4.90 Å². The number of benzene rings is 1. The van der Waals surface area contributed by atoms with E-state index in [2.05, 4.69) is 21.2 Å². The van der Waals surface area contributed by atoms with Gasteiger partial charge in [0.15, 0.2) is 0 Å². The van der Waals surface area contributed by atoms with Crippen LogP contribution in [0.25, 0.3) is 0 Å². The molecule has 0 radical (unpaired) electrons. The third-order valence-corrected chi connectivity index (χ3v) is 4.74. The Balaban J connectivity index is 1.86. The van der Waals surface area contributed by atoms with E-state index < -0.39 is 5.97 Å². The lowest BCUT2D eigenvalue weighted by atomic mass is 10.0. The molecule has 1 atom stereocenters. The first-order valence-corrected chi connectivity index (χ1v) is 7.85. The third kappa shape index (κ3) is 4.61. The van der Waals surface area contributed by atoms with Gasteiger partial charge in [0, 0.05) is 29.7 Å². The van der Waals surface area contributed by atoms with E-state index in [0.29, 0.717) is 30.2 Å². The van der Waals surface area contributed by atoms with E-state index in [9.17, 15) is 9.59 Å². The SMILES string of the molecule is O=C(O)CCC1CCN(C(=O)Nc2ccc(Br)c(Cl)c2)C1. The van der Waals surface area contributed by atoms with Crippen molar-refractivity contribution in [2.75, 3.05) is 18.4 Å². The molecule has 1 aromatic rings. The van der Waals surface area contributed by atoms with Gasteiger partial charge in [0.1, 0.15) is 0 Å². The number of amides is 2. The Labute approximate surface area is 136 Å². The molecule has 21 heavy (non-hydrogen) atoms. The van der Waals surface area contributed by atoms with Crippen LogP contribution in [0.4, 0.5) is 10.5 Å². The van der Waals surface area contributed by atoms with Crippen LogP contribution in [-0.2, 0) is 4.79 Å². The standard InChI is InChI=1S/C14H16BrClN2O3/c15-11-3-2-10(7-12(11)16)17-14(21)18-6-5-9(8-18)1-4-13(19)20/h2-3,7,9H,1,4-6,8H2,(H,17,21)(H,19,20). The fourth-order valence-electron chi connectivity index (χ4n) is 2.36. The molecular formula is C14H16BrClN2O3. The fourth-order valence-corrected chi connectivity index (χ4v) is 2.78. The van der Waals surface area contributed by atoms with Crippen molar-refractivity contribution in [1.29, 1.82) is 0 Å². The van der Waals surface area contributed by atoms with E-state index in [4.69, 9.17) is 16.7 Å². The van der Waals surface area contributed by atoms with Crippen LogP contribution in [0.3, 0.4) is 0 Å². The molecule has 2 amide bonds. The van der Waals surface area contributed by atoms with Gasteiger partial charge in [-0.1, -0.05) is 11.6 Å². The minimum absolute atomic E-state index is 0.155. The molecule has 0 aromatic heterocycles. The smallest absolute Gasteiger partial charge is 0.321 e. The highest BCUT2D eigenvalue weighted by Crippen LogP contribution is 2.26. The van der Waals surface area contributed by atoms with Crippen molar-refractivity contribution >= 4 is 45.2 Å². The van der Waals surface area contributed by atoms with Crippen LogP contribution in [0.1, 0.15) is 19.3 Å². The summed E-state index contributed by atoms with van der Waals surface area (Å²) in [7, 11) is 0. The van der Waals surface area contributed by atoms with Crippen LogP contribution in [0.15, 0.2) is 22.7 Å². The maximum Gasteiger partial charge on any atom is 0.321 e. The summed E-state index contributed by atoms with van der Waals surface area (Å²) in [5, 5.41) is 12.0. The van der Waals surface area contributed by atoms with Crippen LogP contribution in [0.2, 0.25) is 5.02 Å². The summed E-state index contributed by atoms with van der Waals surface area (Å²) in [6, 6.07) is 5.05. The number of rotatable bonds is 4. The highest BCUT2D eigenvalue weighted by molar-refractivity contribution is 9.10. The first kappa shape index (κ1) is 16.1. The van der Waals surface area contributed by atoms with Crippen LogP contribution < -0.4 is 5.32 Å². The molecule has 0 saturated carbocycles. The molecule has 1 aliphatic rings. The van der Waals surface area contributed by atoms with Crippen LogP contribution >= 0.6 is 27.5 Å². The van der Waals surface area contributed by atoms with Gasteiger partial charge >= 0.3 is 12.0 Å². The molecule has 5 nitrogen and oxygen atoms in total. The number of nitrogens with one attached hydrogen (secondary N) is 1. The average Bonchev–Trinajstić information content (AvgIpc) is 2.89. The first-order chi connectivity index (χ1) is 9.95. The van der Waals surface area contributed by atoms with Gasteiger partial charge in [-0.05, 0) is 52.9 Å². The minimum Gasteiger partial charge on any atom is -0.481 e. The maximum atomic E-state index is 12.1. The molecule has 1 aromatic carbocycles. The lowest BCUT2D eigenvalue weighted by Gasteiger charge is -2.17. The van der Waals surface area contributed by atoms with Crippen molar-refractivity contribution in [2.24, 2.45) is 5.92 Å². The van der Waals surface area contributed by atoms with Gasteiger partial charge in [-0.2, -0.15) is 0 Å². The highest BCUT2D eigenvalue weighted by atomic mass is 79.9. The number of hydrogen-bond acceptors (Lipinski definition) is 2. The average molecular weight is 376 g/mol. The number of aliphatic carboxylic acids is 1. The summed E-state index contributed by atoms with van der Waals surface area (Å²) in [6.45, 7) is 1.25. The normalized spacial score (nSPS) is 17.8. The Morgan fingerprint density at radius 2 is 2.24 bits per heavy atom. The van der Waals surface area contributed by atoms with Gasteiger partial charge in [0.25, 0.3) is 0 Å². The molecule has 1 unspecified atom stereocenters. The molecule has 114 valence electrons.